The van der Waals surface area contributed by atoms with Gasteiger partial charge in [0.15, 0.2) is 0 Å². The fourth-order valence-corrected chi connectivity index (χ4v) is 2.33. The van der Waals surface area contributed by atoms with Crippen molar-refractivity contribution in [1.29, 1.82) is 0 Å². The first-order chi connectivity index (χ1) is 13.0. The third-order valence-electron chi connectivity index (χ3n) is 3.54. The molecule has 0 bridgehead atoms. The molecule has 3 rings (SSSR count). The van der Waals surface area contributed by atoms with Gasteiger partial charge in [-0.05, 0) is 48.5 Å². The van der Waals surface area contributed by atoms with Crippen LogP contribution in [0.15, 0.2) is 66.9 Å². The number of ether oxygens (including phenoxy) is 1. The number of amides is 1. The number of benzene rings is 2. The van der Waals surface area contributed by atoms with Crippen LogP contribution in [0.3, 0.4) is 0 Å². The largest absolute Gasteiger partial charge is 0.423 e. The van der Waals surface area contributed by atoms with Crippen molar-refractivity contribution in [3.05, 3.63) is 78.2 Å². The molecule has 7 heteroatoms. The molecule has 3 aromatic rings. The van der Waals surface area contributed by atoms with Crippen molar-refractivity contribution in [3.8, 4) is 5.75 Å². The lowest BCUT2D eigenvalue weighted by atomic mass is 10.2. The Morgan fingerprint density at radius 1 is 1.00 bits per heavy atom. The summed E-state index contributed by atoms with van der Waals surface area (Å²) in [5.74, 6) is -0.818. The molecule has 27 heavy (non-hydrogen) atoms. The lowest BCUT2D eigenvalue weighted by Gasteiger charge is -2.11. The SMILES string of the molecule is CC(=O)Nc1ccc(OC(=O)c2cccnc2Nc2ccccc2F)cc1. The number of nitrogens with one attached hydrogen (secondary N) is 2. The number of hydrogen-bond acceptors (Lipinski definition) is 5. The Bertz CT molecular complexity index is 974. The van der Waals surface area contributed by atoms with E-state index < -0.39 is 11.8 Å². The highest BCUT2D eigenvalue weighted by Gasteiger charge is 2.16. The Morgan fingerprint density at radius 2 is 1.74 bits per heavy atom. The first-order valence-corrected chi connectivity index (χ1v) is 8.09. The quantitative estimate of drug-likeness (QED) is 0.525. The van der Waals surface area contributed by atoms with Gasteiger partial charge in [0, 0.05) is 18.8 Å². The number of anilines is 3. The monoisotopic (exact) mass is 365 g/mol. The van der Waals surface area contributed by atoms with E-state index in [1.165, 1.54) is 25.3 Å². The first kappa shape index (κ1) is 18.1. The normalized spacial score (nSPS) is 10.1. The van der Waals surface area contributed by atoms with E-state index in [0.29, 0.717) is 11.4 Å². The highest BCUT2D eigenvalue weighted by molar-refractivity contribution is 5.96. The van der Waals surface area contributed by atoms with Crippen LogP contribution in [-0.4, -0.2) is 16.9 Å². The molecule has 2 N–H and O–H groups in total. The summed E-state index contributed by atoms with van der Waals surface area (Å²) >= 11 is 0. The number of carbonyl (C=O) groups excluding carboxylic acids is 2. The zero-order chi connectivity index (χ0) is 19.2. The smallest absolute Gasteiger partial charge is 0.347 e. The van der Waals surface area contributed by atoms with E-state index in [1.807, 2.05) is 0 Å². The summed E-state index contributed by atoms with van der Waals surface area (Å²) in [7, 11) is 0. The molecule has 0 fully saturated rings. The summed E-state index contributed by atoms with van der Waals surface area (Å²) in [5.41, 5.74) is 0.946. The summed E-state index contributed by atoms with van der Waals surface area (Å²) in [6, 6.07) is 15.6. The summed E-state index contributed by atoms with van der Waals surface area (Å²) < 4.78 is 19.2. The Morgan fingerprint density at radius 3 is 2.44 bits per heavy atom. The second kappa shape index (κ2) is 8.09. The number of pyridine rings is 1. The van der Waals surface area contributed by atoms with Crippen LogP contribution in [-0.2, 0) is 4.79 Å². The fourth-order valence-electron chi connectivity index (χ4n) is 2.33. The predicted molar refractivity (Wildman–Crippen MR) is 99.6 cm³/mol. The van der Waals surface area contributed by atoms with Crippen LogP contribution in [0, 0.1) is 5.82 Å². The molecule has 0 aliphatic carbocycles. The molecule has 0 atom stereocenters. The zero-order valence-electron chi connectivity index (χ0n) is 14.4. The number of rotatable bonds is 5. The van der Waals surface area contributed by atoms with Crippen LogP contribution in [0.1, 0.15) is 17.3 Å². The van der Waals surface area contributed by atoms with Gasteiger partial charge in [-0.2, -0.15) is 0 Å². The molecule has 136 valence electrons. The fraction of sp³-hybridized carbons (Fsp3) is 0.0500. The van der Waals surface area contributed by atoms with Gasteiger partial charge in [0.1, 0.15) is 22.9 Å². The Kier molecular flexibility index (Phi) is 5.41. The Balaban J connectivity index is 1.77. The molecular weight excluding hydrogens is 349 g/mol. The summed E-state index contributed by atoms with van der Waals surface area (Å²) in [4.78, 5) is 27.6. The molecule has 1 amide bonds. The van der Waals surface area contributed by atoms with Gasteiger partial charge >= 0.3 is 5.97 Å². The predicted octanol–water partition coefficient (Wildman–Crippen LogP) is 4.14. The number of hydrogen-bond donors (Lipinski definition) is 2. The lowest BCUT2D eigenvalue weighted by Crippen LogP contribution is -2.12. The molecule has 6 nitrogen and oxygen atoms in total. The average Bonchev–Trinajstić information content (AvgIpc) is 2.65. The first-order valence-electron chi connectivity index (χ1n) is 8.09. The summed E-state index contributed by atoms with van der Waals surface area (Å²) in [6.07, 6.45) is 1.49. The van der Waals surface area contributed by atoms with Gasteiger partial charge < -0.3 is 15.4 Å². The number of carbonyl (C=O) groups is 2. The van der Waals surface area contributed by atoms with E-state index in [0.717, 1.165) is 0 Å². The molecule has 0 saturated heterocycles. The van der Waals surface area contributed by atoms with Crippen molar-refractivity contribution >= 4 is 29.1 Å². The maximum absolute atomic E-state index is 13.8. The van der Waals surface area contributed by atoms with Gasteiger partial charge in [-0.15, -0.1) is 0 Å². The second-order valence-corrected chi connectivity index (χ2v) is 5.60. The van der Waals surface area contributed by atoms with Crippen LogP contribution in [0.5, 0.6) is 5.75 Å². The highest BCUT2D eigenvalue weighted by atomic mass is 19.1. The third kappa shape index (κ3) is 4.66. The molecule has 0 unspecified atom stereocenters. The van der Waals surface area contributed by atoms with Crippen LogP contribution >= 0.6 is 0 Å². The van der Waals surface area contributed by atoms with Crippen molar-refractivity contribution in [1.82, 2.24) is 4.98 Å². The molecule has 0 radical (unpaired) electrons. The van der Waals surface area contributed by atoms with Crippen molar-refractivity contribution in [2.75, 3.05) is 10.6 Å². The number of aromatic nitrogens is 1. The molecular formula is C20H16FN3O3. The zero-order valence-corrected chi connectivity index (χ0v) is 14.4. The topological polar surface area (TPSA) is 80.3 Å². The minimum absolute atomic E-state index is 0.159. The highest BCUT2D eigenvalue weighted by Crippen LogP contribution is 2.23. The van der Waals surface area contributed by atoms with Crippen LogP contribution < -0.4 is 15.4 Å². The van der Waals surface area contributed by atoms with Gasteiger partial charge in [0.2, 0.25) is 5.91 Å². The van der Waals surface area contributed by atoms with Gasteiger partial charge in [-0.1, -0.05) is 12.1 Å². The molecule has 0 aliphatic rings. The van der Waals surface area contributed by atoms with Crippen molar-refractivity contribution < 1.29 is 18.7 Å². The van der Waals surface area contributed by atoms with Crippen molar-refractivity contribution in [2.24, 2.45) is 0 Å². The number of halogens is 1. The van der Waals surface area contributed by atoms with Crippen LogP contribution in [0.25, 0.3) is 0 Å². The number of nitrogens with zero attached hydrogens (tertiary/aromatic N) is 1. The molecule has 0 saturated carbocycles. The summed E-state index contributed by atoms with van der Waals surface area (Å²) in [6.45, 7) is 1.40. The molecule has 0 spiro atoms. The third-order valence-corrected chi connectivity index (χ3v) is 3.54. The second-order valence-electron chi connectivity index (χ2n) is 5.60. The van der Waals surface area contributed by atoms with E-state index in [2.05, 4.69) is 15.6 Å². The standard InChI is InChI=1S/C20H16FN3O3/c1-13(25)23-14-8-10-15(11-9-14)27-20(26)16-5-4-12-22-19(16)24-18-7-3-2-6-17(18)21/h2-12H,1H3,(H,22,24)(H,23,25). The van der Waals surface area contributed by atoms with E-state index in [-0.39, 0.29) is 23.0 Å². The minimum Gasteiger partial charge on any atom is -0.423 e. The molecule has 1 aromatic heterocycles. The average molecular weight is 365 g/mol. The van der Waals surface area contributed by atoms with E-state index in [1.54, 1.807) is 48.5 Å². The Hall–Kier alpha value is -3.74. The maximum atomic E-state index is 13.8. The number of esters is 1. The lowest BCUT2D eigenvalue weighted by molar-refractivity contribution is -0.114. The van der Waals surface area contributed by atoms with E-state index in [9.17, 15) is 14.0 Å². The van der Waals surface area contributed by atoms with E-state index in [4.69, 9.17) is 4.74 Å². The van der Waals surface area contributed by atoms with Gasteiger partial charge in [-0.3, -0.25) is 4.79 Å². The van der Waals surface area contributed by atoms with Gasteiger partial charge in [0.05, 0.1) is 5.69 Å². The Labute approximate surface area is 155 Å². The molecule has 0 aliphatic heterocycles. The van der Waals surface area contributed by atoms with E-state index >= 15 is 0 Å². The summed E-state index contributed by atoms with van der Waals surface area (Å²) in [5, 5.41) is 5.43. The minimum atomic E-state index is -0.644. The molecule has 2 aromatic carbocycles. The number of para-hydroxylation sites is 1. The van der Waals surface area contributed by atoms with Gasteiger partial charge in [-0.25, -0.2) is 14.2 Å². The van der Waals surface area contributed by atoms with Gasteiger partial charge in [0.25, 0.3) is 0 Å². The maximum Gasteiger partial charge on any atom is 0.347 e. The van der Waals surface area contributed by atoms with Crippen molar-refractivity contribution in [2.45, 2.75) is 6.92 Å². The molecule has 1 heterocycles. The van der Waals surface area contributed by atoms with Crippen molar-refractivity contribution in [3.63, 3.8) is 0 Å². The van der Waals surface area contributed by atoms with Crippen LogP contribution in [0.4, 0.5) is 21.6 Å². The van der Waals surface area contributed by atoms with Crippen LogP contribution in [0.2, 0.25) is 0 Å².